The maximum atomic E-state index is 13.1. The third kappa shape index (κ3) is 4.78. The van der Waals surface area contributed by atoms with Crippen LogP contribution in [0.2, 0.25) is 0 Å². The van der Waals surface area contributed by atoms with E-state index >= 15 is 0 Å². The molecule has 9 heteroatoms. The number of rotatable bonds is 7. The first kappa shape index (κ1) is 23.4. The van der Waals surface area contributed by atoms with Gasteiger partial charge in [0.15, 0.2) is 0 Å². The summed E-state index contributed by atoms with van der Waals surface area (Å²) in [6.45, 7) is 2.82. The van der Waals surface area contributed by atoms with Gasteiger partial charge in [-0.2, -0.15) is 14.7 Å². The van der Waals surface area contributed by atoms with Crippen LogP contribution in [0.5, 0.6) is 0 Å². The van der Waals surface area contributed by atoms with E-state index in [0.29, 0.717) is 29.9 Å². The normalized spacial score (nSPS) is 14.6. The summed E-state index contributed by atoms with van der Waals surface area (Å²) in [6.07, 6.45) is 4.81. The van der Waals surface area contributed by atoms with Gasteiger partial charge in [0, 0.05) is 30.4 Å². The lowest BCUT2D eigenvalue weighted by Crippen LogP contribution is -2.27. The Balaban J connectivity index is 1.83. The van der Waals surface area contributed by atoms with Gasteiger partial charge < -0.3 is 4.74 Å². The van der Waals surface area contributed by atoms with Crippen LogP contribution in [-0.4, -0.2) is 48.2 Å². The van der Waals surface area contributed by atoms with Gasteiger partial charge in [0.1, 0.15) is 17.3 Å². The van der Waals surface area contributed by atoms with E-state index in [1.165, 1.54) is 10.4 Å². The molecule has 4 rings (SSSR count). The molecule has 3 aromatic rings. The number of carbonyl (C=O) groups is 1. The van der Waals surface area contributed by atoms with Crippen LogP contribution in [0.25, 0.3) is 23.0 Å². The molecule has 0 atom stereocenters. The molecule has 0 amide bonds. The number of hydrogen-bond acceptors (Lipinski definition) is 6. The fraction of sp³-hybridized carbons (Fsp3) is 0.240. The molecule has 0 bridgehead atoms. The zero-order valence-corrected chi connectivity index (χ0v) is 19.5. The number of carbonyl (C=O) groups excluding carboxylic acids is 1. The monoisotopic (exact) mass is 476 g/mol. The Morgan fingerprint density at radius 3 is 2.56 bits per heavy atom. The summed E-state index contributed by atoms with van der Waals surface area (Å²) in [6, 6.07) is 17.8. The van der Waals surface area contributed by atoms with Crippen LogP contribution in [0.15, 0.2) is 71.3 Å². The number of nitriles is 1. The molecule has 1 fully saturated rings. The zero-order valence-electron chi connectivity index (χ0n) is 18.7. The lowest BCUT2D eigenvalue weighted by atomic mass is 10.1. The van der Waals surface area contributed by atoms with E-state index < -0.39 is 16.0 Å². The molecule has 1 aliphatic heterocycles. The number of aromatic nitrogens is 2. The number of nitrogens with zero attached hydrogens (tertiary/aromatic N) is 4. The highest BCUT2D eigenvalue weighted by Gasteiger charge is 2.27. The van der Waals surface area contributed by atoms with E-state index in [2.05, 4.69) is 5.10 Å². The maximum absolute atomic E-state index is 13.1. The summed E-state index contributed by atoms with van der Waals surface area (Å²) in [4.78, 5) is 12.4. The number of esters is 1. The first-order chi connectivity index (χ1) is 16.4. The molecule has 1 aromatic heterocycles. The second kappa shape index (κ2) is 10.0. The van der Waals surface area contributed by atoms with Crippen LogP contribution in [0.4, 0.5) is 0 Å². The minimum absolute atomic E-state index is 0.143. The molecule has 1 aliphatic rings. The Kier molecular flexibility index (Phi) is 6.91. The van der Waals surface area contributed by atoms with Gasteiger partial charge >= 0.3 is 5.97 Å². The number of ether oxygens (including phenoxy) is 1. The van der Waals surface area contributed by atoms with E-state index in [1.807, 2.05) is 36.4 Å². The predicted molar refractivity (Wildman–Crippen MR) is 127 cm³/mol. The summed E-state index contributed by atoms with van der Waals surface area (Å²) in [5.41, 5.74) is 2.10. The molecule has 0 spiro atoms. The van der Waals surface area contributed by atoms with Gasteiger partial charge in [-0.25, -0.2) is 17.9 Å². The molecule has 1 saturated heterocycles. The quantitative estimate of drug-likeness (QED) is 0.292. The second-order valence-electron chi connectivity index (χ2n) is 7.74. The Morgan fingerprint density at radius 1 is 1.15 bits per heavy atom. The lowest BCUT2D eigenvalue weighted by molar-refractivity contribution is -0.137. The van der Waals surface area contributed by atoms with Gasteiger partial charge in [-0.15, -0.1) is 0 Å². The number of benzene rings is 2. The van der Waals surface area contributed by atoms with E-state index in [4.69, 9.17) is 4.74 Å². The van der Waals surface area contributed by atoms with Crippen LogP contribution in [0, 0.1) is 11.3 Å². The van der Waals surface area contributed by atoms with Gasteiger partial charge in [-0.1, -0.05) is 30.3 Å². The molecular formula is C25H24N4O4S. The van der Waals surface area contributed by atoms with E-state index in [-0.39, 0.29) is 17.1 Å². The molecule has 0 saturated carbocycles. The van der Waals surface area contributed by atoms with Crippen molar-refractivity contribution in [2.75, 3.05) is 19.7 Å². The number of para-hydroxylation sites is 1. The Labute approximate surface area is 198 Å². The van der Waals surface area contributed by atoms with Crippen LogP contribution in [0.3, 0.4) is 0 Å². The van der Waals surface area contributed by atoms with Crippen molar-refractivity contribution in [3.8, 4) is 23.0 Å². The molecule has 34 heavy (non-hydrogen) atoms. The second-order valence-corrected chi connectivity index (χ2v) is 9.68. The van der Waals surface area contributed by atoms with Gasteiger partial charge in [-0.3, -0.25) is 0 Å². The Morgan fingerprint density at radius 2 is 1.88 bits per heavy atom. The largest absolute Gasteiger partial charge is 0.462 e. The lowest BCUT2D eigenvalue weighted by Gasteiger charge is -2.16. The van der Waals surface area contributed by atoms with Gasteiger partial charge in [0.25, 0.3) is 0 Å². The summed E-state index contributed by atoms with van der Waals surface area (Å²) in [5.74, 6) is -0.728. The average Bonchev–Trinajstić information content (AvgIpc) is 3.54. The SMILES string of the molecule is CCOC(=O)C(C#N)=Cc1cn(-c2ccccc2)nc1-c1cccc(S(=O)(=O)N2CCCC2)c1. The van der Waals surface area contributed by atoms with E-state index in [0.717, 1.165) is 18.5 Å². The van der Waals surface area contributed by atoms with Crippen molar-refractivity contribution in [1.29, 1.82) is 5.26 Å². The fourth-order valence-electron chi connectivity index (χ4n) is 3.81. The smallest absolute Gasteiger partial charge is 0.348 e. The van der Waals surface area contributed by atoms with Gasteiger partial charge in [0.05, 0.1) is 17.2 Å². The molecule has 0 unspecified atom stereocenters. The fourth-order valence-corrected chi connectivity index (χ4v) is 5.38. The highest BCUT2D eigenvalue weighted by molar-refractivity contribution is 7.89. The maximum Gasteiger partial charge on any atom is 0.348 e. The van der Waals surface area contributed by atoms with Crippen LogP contribution in [0.1, 0.15) is 25.3 Å². The first-order valence-electron chi connectivity index (χ1n) is 11.0. The summed E-state index contributed by atoms with van der Waals surface area (Å²) in [5, 5.41) is 14.2. The van der Waals surface area contributed by atoms with E-state index in [9.17, 15) is 18.5 Å². The van der Waals surface area contributed by atoms with E-state index in [1.54, 1.807) is 42.1 Å². The van der Waals surface area contributed by atoms with Gasteiger partial charge in [-0.05, 0) is 50.1 Å². The minimum atomic E-state index is -3.62. The van der Waals surface area contributed by atoms with Crippen molar-refractivity contribution in [1.82, 2.24) is 14.1 Å². The Hall–Kier alpha value is -3.74. The number of hydrogen-bond donors (Lipinski definition) is 0. The molecular weight excluding hydrogens is 452 g/mol. The van der Waals surface area contributed by atoms with Crippen LogP contribution in [-0.2, 0) is 19.6 Å². The van der Waals surface area contributed by atoms with Crippen molar-refractivity contribution in [3.05, 3.63) is 71.9 Å². The van der Waals surface area contributed by atoms with Crippen LogP contribution >= 0.6 is 0 Å². The molecule has 0 aliphatic carbocycles. The Bertz CT molecular complexity index is 1370. The molecule has 174 valence electrons. The van der Waals surface area contributed by atoms with Crippen molar-refractivity contribution in [2.45, 2.75) is 24.7 Å². The van der Waals surface area contributed by atoms with Gasteiger partial charge in [0.2, 0.25) is 10.0 Å². The topological polar surface area (TPSA) is 105 Å². The standard InChI is InChI=1S/C25H24N4O4S/c1-2-33-25(30)20(17-26)15-21-18-29(22-10-4-3-5-11-22)27-24(21)19-9-8-12-23(16-19)34(31,32)28-13-6-7-14-28/h3-5,8-12,15-16,18H,2,6-7,13-14H2,1H3. The van der Waals surface area contributed by atoms with Crippen LogP contribution < -0.4 is 0 Å². The third-order valence-corrected chi connectivity index (χ3v) is 7.38. The minimum Gasteiger partial charge on any atom is -0.462 e. The van der Waals surface area contributed by atoms with Crippen molar-refractivity contribution in [3.63, 3.8) is 0 Å². The van der Waals surface area contributed by atoms with Crippen molar-refractivity contribution in [2.24, 2.45) is 0 Å². The predicted octanol–water partition coefficient (Wildman–Crippen LogP) is 3.79. The molecule has 2 heterocycles. The molecule has 0 N–H and O–H groups in total. The molecule has 8 nitrogen and oxygen atoms in total. The van der Waals surface area contributed by atoms with Crippen molar-refractivity contribution < 1.29 is 17.9 Å². The summed E-state index contributed by atoms with van der Waals surface area (Å²) >= 11 is 0. The zero-order chi connectivity index (χ0) is 24.1. The third-order valence-electron chi connectivity index (χ3n) is 5.49. The average molecular weight is 477 g/mol. The summed E-state index contributed by atoms with van der Waals surface area (Å²) in [7, 11) is -3.62. The molecule has 2 aromatic carbocycles. The highest BCUT2D eigenvalue weighted by Crippen LogP contribution is 2.29. The number of sulfonamides is 1. The highest BCUT2D eigenvalue weighted by atomic mass is 32.2. The van der Waals surface area contributed by atoms with Crippen molar-refractivity contribution >= 4 is 22.1 Å². The summed E-state index contributed by atoms with van der Waals surface area (Å²) < 4.78 is 34.3. The first-order valence-corrected chi connectivity index (χ1v) is 12.4. The molecule has 0 radical (unpaired) electrons.